The van der Waals surface area contributed by atoms with Crippen LogP contribution in [-0.4, -0.2) is 35.2 Å². The van der Waals surface area contributed by atoms with Gasteiger partial charge >= 0.3 is 0 Å². The summed E-state index contributed by atoms with van der Waals surface area (Å²) in [4.78, 5) is 2.36. The number of hydrogen-bond donors (Lipinski definition) is 2. The Morgan fingerprint density at radius 3 is 2.40 bits per heavy atom. The maximum atomic E-state index is 10.7. The van der Waals surface area contributed by atoms with E-state index in [4.69, 9.17) is 0 Å². The molecule has 1 fully saturated rings. The van der Waals surface area contributed by atoms with Gasteiger partial charge in [0.15, 0.2) is 0 Å². The fraction of sp³-hybridized carbons (Fsp3) is 0.455. The first-order valence-corrected chi connectivity index (χ1v) is 9.51. The first-order chi connectivity index (χ1) is 12.3. The molecule has 3 atom stereocenters. The largest absolute Gasteiger partial charge is 0.390 e. The van der Waals surface area contributed by atoms with Crippen molar-refractivity contribution in [3.8, 4) is 0 Å². The highest BCUT2D eigenvalue weighted by Gasteiger charge is 2.29. The number of aliphatic hydroxyl groups excluding tert-OH is 1. The SMILES string of the molecule is CCCC(N[C@H]1CCN(Cc2ccccc2)C[C@@H]1O)c1ccccc1. The van der Waals surface area contributed by atoms with Crippen LogP contribution in [0.25, 0.3) is 0 Å². The van der Waals surface area contributed by atoms with Gasteiger partial charge in [-0.05, 0) is 24.0 Å². The molecule has 2 aromatic carbocycles. The van der Waals surface area contributed by atoms with Gasteiger partial charge in [0, 0.05) is 31.7 Å². The molecule has 25 heavy (non-hydrogen) atoms. The van der Waals surface area contributed by atoms with Gasteiger partial charge in [-0.2, -0.15) is 0 Å². The molecule has 1 heterocycles. The topological polar surface area (TPSA) is 35.5 Å². The lowest BCUT2D eigenvalue weighted by Gasteiger charge is -2.38. The molecule has 0 radical (unpaired) electrons. The van der Waals surface area contributed by atoms with Gasteiger partial charge in [-0.3, -0.25) is 4.90 Å². The van der Waals surface area contributed by atoms with Gasteiger partial charge in [-0.15, -0.1) is 0 Å². The van der Waals surface area contributed by atoms with E-state index >= 15 is 0 Å². The molecule has 0 amide bonds. The van der Waals surface area contributed by atoms with Crippen molar-refractivity contribution in [2.24, 2.45) is 0 Å². The van der Waals surface area contributed by atoms with Crippen LogP contribution in [0.3, 0.4) is 0 Å². The van der Waals surface area contributed by atoms with Crippen molar-refractivity contribution < 1.29 is 5.11 Å². The lowest BCUT2D eigenvalue weighted by molar-refractivity contribution is 0.0324. The summed E-state index contributed by atoms with van der Waals surface area (Å²) in [6, 6.07) is 21.6. The Kier molecular flexibility index (Phi) is 6.62. The Morgan fingerprint density at radius 1 is 1.08 bits per heavy atom. The highest BCUT2D eigenvalue weighted by molar-refractivity contribution is 5.19. The second-order valence-corrected chi connectivity index (χ2v) is 7.10. The van der Waals surface area contributed by atoms with E-state index in [0.717, 1.165) is 38.9 Å². The standard InChI is InChI=1S/C22H30N2O/c1-2-9-20(19-12-7-4-8-13-19)23-21-14-15-24(17-22(21)25)16-18-10-5-3-6-11-18/h3-8,10-13,20-23,25H,2,9,14-17H2,1H3/t20?,21-,22-/m0/s1. The van der Waals surface area contributed by atoms with Gasteiger partial charge in [0.1, 0.15) is 0 Å². The summed E-state index contributed by atoms with van der Waals surface area (Å²) in [6.45, 7) is 4.90. The molecule has 1 aliphatic rings. The second kappa shape index (κ2) is 9.14. The van der Waals surface area contributed by atoms with Crippen molar-refractivity contribution >= 4 is 0 Å². The van der Waals surface area contributed by atoms with Crippen LogP contribution < -0.4 is 5.32 Å². The summed E-state index contributed by atoms with van der Waals surface area (Å²) in [5.41, 5.74) is 2.64. The summed E-state index contributed by atoms with van der Waals surface area (Å²) >= 11 is 0. The third-order valence-corrected chi connectivity index (χ3v) is 5.11. The minimum absolute atomic E-state index is 0.170. The molecule has 0 spiro atoms. The van der Waals surface area contributed by atoms with Crippen LogP contribution in [0.1, 0.15) is 43.4 Å². The first-order valence-electron chi connectivity index (χ1n) is 9.51. The molecule has 134 valence electrons. The third kappa shape index (κ3) is 5.15. The van der Waals surface area contributed by atoms with Crippen LogP contribution in [-0.2, 0) is 6.54 Å². The molecule has 3 nitrogen and oxygen atoms in total. The van der Waals surface area contributed by atoms with Crippen LogP contribution in [0, 0.1) is 0 Å². The highest BCUT2D eigenvalue weighted by Crippen LogP contribution is 2.22. The Bertz CT molecular complexity index is 616. The van der Waals surface area contributed by atoms with E-state index in [0.29, 0.717) is 6.04 Å². The summed E-state index contributed by atoms with van der Waals surface area (Å²) in [7, 11) is 0. The van der Waals surface area contributed by atoms with Crippen LogP contribution in [0.15, 0.2) is 60.7 Å². The maximum Gasteiger partial charge on any atom is 0.0820 e. The number of nitrogens with one attached hydrogen (secondary N) is 1. The van der Waals surface area contributed by atoms with Gasteiger partial charge in [-0.1, -0.05) is 74.0 Å². The average molecular weight is 338 g/mol. The number of rotatable bonds is 7. The number of aliphatic hydroxyl groups is 1. The number of benzene rings is 2. The average Bonchev–Trinajstić information content (AvgIpc) is 2.65. The van der Waals surface area contributed by atoms with Crippen molar-refractivity contribution in [1.29, 1.82) is 0 Å². The van der Waals surface area contributed by atoms with E-state index < -0.39 is 0 Å². The third-order valence-electron chi connectivity index (χ3n) is 5.11. The predicted octanol–water partition coefficient (Wildman–Crippen LogP) is 3.75. The predicted molar refractivity (Wildman–Crippen MR) is 103 cm³/mol. The van der Waals surface area contributed by atoms with E-state index in [1.807, 2.05) is 6.07 Å². The van der Waals surface area contributed by atoms with Crippen LogP contribution >= 0.6 is 0 Å². The number of likely N-dealkylation sites (tertiary alicyclic amines) is 1. The van der Waals surface area contributed by atoms with Crippen molar-refractivity contribution in [2.75, 3.05) is 13.1 Å². The molecule has 3 heteroatoms. The number of nitrogens with zero attached hydrogens (tertiary/aromatic N) is 1. The van der Waals surface area contributed by atoms with Gasteiger partial charge in [0.25, 0.3) is 0 Å². The van der Waals surface area contributed by atoms with E-state index in [-0.39, 0.29) is 12.1 Å². The Labute approximate surface area is 151 Å². The Hall–Kier alpha value is -1.68. The van der Waals surface area contributed by atoms with Gasteiger partial charge in [0.05, 0.1) is 6.10 Å². The number of hydrogen-bond acceptors (Lipinski definition) is 3. The quantitative estimate of drug-likeness (QED) is 0.807. The minimum atomic E-state index is -0.319. The fourth-order valence-corrected chi connectivity index (χ4v) is 3.76. The van der Waals surface area contributed by atoms with Crippen molar-refractivity contribution in [3.63, 3.8) is 0 Å². The first kappa shape index (κ1) is 18.1. The van der Waals surface area contributed by atoms with E-state index in [1.54, 1.807) is 0 Å². The molecular weight excluding hydrogens is 308 g/mol. The van der Waals surface area contributed by atoms with E-state index in [1.165, 1.54) is 11.1 Å². The molecule has 0 aromatic heterocycles. The Morgan fingerprint density at radius 2 is 1.76 bits per heavy atom. The van der Waals surface area contributed by atoms with E-state index in [9.17, 15) is 5.11 Å². The van der Waals surface area contributed by atoms with Crippen molar-refractivity contribution in [2.45, 2.75) is 50.9 Å². The van der Waals surface area contributed by atoms with Crippen LogP contribution in [0.4, 0.5) is 0 Å². The summed E-state index contributed by atoms with van der Waals surface area (Å²) in [6.07, 6.45) is 2.90. The molecule has 1 unspecified atom stereocenters. The summed E-state index contributed by atoms with van der Waals surface area (Å²) < 4.78 is 0. The normalized spacial score (nSPS) is 22.6. The van der Waals surface area contributed by atoms with Crippen LogP contribution in [0.5, 0.6) is 0 Å². The van der Waals surface area contributed by atoms with Crippen molar-refractivity contribution in [3.05, 3.63) is 71.8 Å². The molecule has 3 rings (SSSR count). The highest BCUT2D eigenvalue weighted by atomic mass is 16.3. The summed E-state index contributed by atoms with van der Waals surface area (Å²) in [5, 5.41) is 14.4. The Balaban J connectivity index is 1.57. The zero-order chi connectivity index (χ0) is 17.5. The molecule has 2 N–H and O–H groups in total. The number of piperidine rings is 1. The molecule has 0 bridgehead atoms. The monoisotopic (exact) mass is 338 g/mol. The smallest absolute Gasteiger partial charge is 0.0820 e. The zero-order valence-corrected chi connectivity index (χ0v) is 15.1. The fourth-order valence-electron chi connectivity index (χ4n) is 3.76. The number of β-amino-alcohol motifs (C(OH)–C–C–N with tert-alkyl or cyclic N) is 1. The second-order valence-electron chi connectivity index (χ2n) is 7.10. The van der Waals surface area contributed by atoms with Gasteiger partial charge in [0.2, 0.25) is 0 Å². The van der Waals surface area contributed by atoms with Gasteiger partial charge in [-0.25, -0.2) is 0 Å². The lowest BCUT2D eigenvalue weighted by Crippen LogP contribution is -2.53. The van der Waals surface area contributed by atoms with Crippen molar-refractivity contribution in [1.82, 2.24) is 10.2 Å². The lowest BCUT2D eigenvalue weighted by atomic mass is 9.96. The van der Waals surface area contributed by atoms with Crippen LogP contribution in [0.2, 0.25) is 0 Å². The maximum absolute atomic E-state index is 10.7. The summed E-state index contributed by atoms with van der Waals surface area (Å²) in [5.74, 6) is 0. The molecule has 2 aromatic rings. The van der Waals surface area contributed by atoms with E-state index in [2.05, 4.69) is 71.7 Å². The molecule has 1 saturated heterocycles. The zero-order valence-electron chi connectivity index (χ0n) is 15.1. The molecule has 0 saturated carbocycles. The molecule has 1 aliphatic heterocycles. The minimum Gasteiger partial charge on any atom is -0.390 e. The van der Waals surface area contributed by atoms with Gasteiger partial charge < -0.3 is 10.4 Å². The molecule has 0 aliphatic carbocycles. The molecular formula is C22H30N2O.